The molecule has 4 rings (SSSR count). The van der Waals surface area contributed by atoms with Gasteiger partial charge < -0.3 is 14.5 Å². The van der Waals surface area contributed by atoms with Gasteiger partial charge >= 0.3 is 5.63 Å². The fraction of sp³-hybridized carbons (Fsp3) is 0.222. The molecule has 2 aromatic heterocycles. The molecule has 0 aliphatic carbocycles. The van der Waals surface area contributed by atoms with Gasteiger partial charge in [-0.1, -0.05) is 36.4 Å². The van der Waals surface area contributed by atoms with Gasteiger partial charge in [0.25, 0.3) is 5.91 Å². The number of carbonyl (C=O) groups excluding carboxylic acids is 1. The summed E-state index contributed by atoms with van der Waals surface area (Å²) in [5, 5.41) is 3.55. The predicted octanol–water partition coefficient (Wildman–Crippen LogP) is 4.48. The lowest BCUT2D eigenvalue weighted by atomic mass is 9.98. The lowest BCUT2D eigenvalue weighted by Gasteiger charge is -2.18. The van der Waals surface area contributed by atoms with Crippen molar-refractivity contribution >= 4 is 16.9 Å². The molecule has 1 amide bonds. The van der Waals surface area contributed by atoms with Gasteiger partial charge in [-0.3, -0.25) is 9.78 Å². The van der Waals surface area contributed by atoms with Gasteiger partial charge in [-0.2, -0.15) is 0 Å². The van der Waals surface area contributed by atoms with E-state index >= 15 is 0 Å². The number of hydrogen-bond donors (Lipinski definition) is 1. The van der Waals surface area contributed by atoms with Gasteiger partial charge in [0.2, 0.25) is 0 Å². The quantitative estimate of drug-likeness (QED) is 0.427. The van der Waals surface area contributed by atoms with Gasteiger partial charge in [0.1, 0.15) is 11.3 Å². The average molecular weight is 443 g/mol. The van der Waals surface area contributed by atoms with Crippen LogP contribution in [0.25, 0.3) is 11.0 Å². The third kappa shape index (κ3) is 5.12. The van der Waals surface area contributed by atoms with Crippen LogP contribution in [0.1, 0.15) is 34.9 Å². The first-order valence-electron chi connectivity index (χ1n) is 10.9. The van der Waals surface area contributed by atoms with E-state index in [0.29, 0.717) is 35.2 Å². The first-order valence-corrected chi connectivity index (χ1v) is 10.9. The maximum Gasteiger partial charge on any atom is 0.340 e. The normalized spacial score (nSPS) is 11.8. The summed E-state index contributed by atoms with van der Waals surface area (Å²) in [6.45, 7) is 5.80. The highest BCUT2D eigenvalue weighted by molar-refractivity contribution is 5.89. The second-order valence-electron chi connectivity index (χ2n) is 8.09. The van der Waals surface area contributed by atoms with Crippen molar-refractivity contribution < 1.29 is 13.9 Å². The third-order valence-corrected chi connectivity index (χ3v) is 5.55. The van der Waals surface area contributed by atoms with E-state index in [1.54, 1.807) is 13.1 Å². The van der Waals surface area contributed by atoms with Crippen LogP contribution in [0.3, 0.4) is 0 Å². The van der Waals surface area contributed by atoms with Crippen molar-refractivity contribution in [2.24, 2.45) is 0 Å². The largest absolute Gasteiger partial charge is 0.480 e. The number of pyridine rings is 1. The van der Waals surface area contributed by atoms with Gasteiger partial charge in [0.05, 0.1) is 17.6 Å². The molecule has 0 spiro atoms. The monoisotopic (exact) mass is 442 g/mol. The molecule has 33 heavy (non-hydrogen) atoms. The zero-order valence-corrected chi connectivity index (χ0v) is 18.9. The molecule has 2 aromatic carbocycles. The number of aromatic nitrogens is 1. The maximum absolute atomic E-state index is 12.8. The fourth-order valence-corrected chi connectivity index (χ4v) is 3.80. The second kappa shape index (κ2) is 9.69. The Morgan fingerprint density at radius 1 is 1.09 bits per heavy atom. The lowest BCUT2D eigenvalue weighted by Crippen LogP contribution is -2.36. The molecule has 0 unspecified atom stereocenters. The van der Waals surface area contributed by atoms with E-state index in [4.69, 9.17) is 9.15 Å². The van der Waals surface area contributed by atoms with Crippen molar-refractivity contribution in [2.45, 2.75) is 39.8 Å². The molecule has 6 heteroatoms. The van der Waals surface area contributed by atoms with Crippen LogP contribution in [-0.4, -0.2) is 17.0 Å². The molecule has 0 fully saturated rings. The average Bonchev–Trinajstić information content (AvgIpc) is 2.81. The molecule has 6 nitrogen and oxygen atoms in total. The Kier molecular flexibility index (Phi) is 6.54. The number of fused-ring (bicyclic) bond motifs is 1. The maximum atomic E-state index is 12.8. The van der Waals surface area contributed by atoms with E-state index in [-0.39, 0.29) is 11.5 Å². The Morgan fingerprint density at radius 2 is 1.85 bits per heavy atom. The van der Waals surface area contributed by atoms with Crippen molar-refractivity contribution in [3.63, 3.8) is 0 Å². The zero-order valence-electron chi connectivity index (χ0n) is 18.9. The minimum Gasteiger partial charge on any atom is -0.480 e. The Hall–Kier alpha value is -3.93. The summed E-state index contributed by atoms with van der Waals surface area (Å²) in [5.41, 5.74) is 4.12. The number of amides is 1. The van der Waals surface area contributed by atoms with Crippen LogP contribution in [0.4, 0.5) is 0 Å². The SMILES string of the molecule is Cc1cc(O[C@H](C)C(=O)NCc2ccccn2)c2c(C)c(Cc3ccccc3)c(=O)oc2c1. The molecular weight excluding hydrogens is 416 g/mol. The Bertz CT molecular complexity index is 1330. The number of benzene rings is 2. The predicted molar refractivity (Wildman–Crippen MR) is 127 cm³/mol. The summed E-state index contributed by atoms with van der Waals surface area (Å²) in [6.07, 6.45) is 1.39. The van der Waals surface area contributed by atoms with E-state index in [0.717, 1.165) is 22.4 Å². The molecule has 0 aliphatic heterocycles. The first-order chi connectivity index (χ1) is 15.9. The highest BCUT2D eigenvalue weighted by atomic mass is 16.5. The van der Waals surface area contributed by atoms with E-state index in [2.05, 4.69) is 10.3 Å². The summed E-state index contributed by atoms with van der Waals surface area (Å²) in [4.78, 5) is 29.6. The Morgan fingerprint density at radius 3 is 2.58 bits per heavy atom. The molecular formula is C27H26N2O4. The zero-order chi connectivity index (χ0) is 23.4. The molecule has 0 saturated heterocycles. The summed E-state index contributed by atoms with van der Waals surface area (Å²) >= 11 is 0. The molecule has 4 aromatic rings. The van der Waals surface area contributed by atoms with Crippen LogP contribution in [0, 0.1) is 13.8 Å². The number of hydrogen-bond acceptors (Lipinski definition) is 5. The minimum atomic E-state index is -0.748. The van der Waals surface area contributed by atoms with Crippen molar-refractivity contribution in [1.82, 2.24) is 10.3 Å². The molecule has 0 bridgehead atoms. The minimum absolute atomic E-state index is 0.255. The number of nitrogens with zero attached hydrogens (tertiary/aromatic N) is 1. The Labute approximate surface area is 192 Å². The summed E-state index contributed by atoms with van der Waals surface area (Å²) in [7, 11) is 0. The topological polar surface area (TPSA) is 81.4 Å². The molecule has 168 valence electrons. The summed E-state index contributed by atoms with van der Waals surface area (Å²) < 4.78 is 11.8. The molecule has 1 N–H and O–H groups in total. The van der Waals surface area contributed by atoms with Crippen LogP contribution in [0.5, 0.6) is 5.75 Å². The number of nitrogens with one attached hydrogen (secondary N) is 1. The molecule has 0 radical (unpaired) electrons. The fourth-order valence-electron chi connectivity index (χ4n) is 3.80. The van der Waals surface area contributed by atoms with Crippen LogP contribution in [0.15, 0.2) is 76.1 Å². The van der Waals surface area contributed by atoms with Crippen molar-refractivity contribution in [3.8, 4) is 5.75 Å². The second-order valence-corrected chi connectivity index (χ2v) is 8.09. The van der Waals surface area contributed by atoms with Crippen molar-refractivity contribution in [1.29, 1.82) is 0 Å². The number of rotatable bonds is 7. The van der Waals surface area contributed by atoms with E-state index in [1.165, 1.54) is 0 Å². The molecule has 1 atom stereocenters. The van der Waals surface area contributed by atoms with E-state index < -0.39 is 6.10 Å². The van der Waals surface area contributed by atoms with E-state index in [1.807, 2.05) is 74.5 Å². The molecule has 2 heterocycles. The van der Waals surface area contributed by atoms with Crippen molar-refractivity contribution in [2.75, 3.05) is 0 Å². The van der Waals surface area contributed by atoms with Gasteiger partial charge in [-0.25, -0.2) is 4.79 Å². The van der Waals surface area contributed by atoms with E-state index in [9.17, 15) is 9.59 Å². The van der Waals surface area contributed by atoms with Crippen LogP contribution >= 0.6 is 0 Å². The third-order valence-electron chi connectivity index (χ3n) is 5.55. The highest BCUT2D eigenvalue weighted by Crippen LogP contribution is 2.32. The molecule has 0 aliphatic rings. The summed E-state index contributed by atoms with van der Waals surface area (Å²) in [5.74, 6) is 0.260. The van der Waals surface area contributed by atoms with Gasteiger partial charge in [-0.15, -0.1) is 0 Å². The number of aryl methyl sites for hydroxylation is 2. The number of ether oxygens (including phenoxy) is 1. The van der Waals surface area contributed by atoms with Crippen molar-refractivity contribution in [3.05, 3.63) is 105 Å². The lowest BCUT2D eigenvalue weighted by molar-refractivity contribution is -0.127. The van der Waals surface area contributed by atoms with Crippen LogP contribution in [0.2, 0.25) is 0 Å². The first kappa shape index (κ1) is 22.3. The smallest absolute Gasteiger partial charge is 0.340 e. The van der Waals surface area contributed by atoms with Gasteiger partial charge in [0.15, 0.2) is 6.10 Å². The Balaban J connectivity index is 1.63. The summed E-state index contributed by atoms with van der Waals surface area (Å²) in [6, 6.07) is 19.0. The molecule has 0 saturated carbocycles. The standard InChI is InChI=1S/C27H26N2O4/c1-17-13-23(32-19(3)26(30)29-16-21-11-7-8-12-28-21)25-18(2)22(27(31)33-24(25)14-17)15-20-9-5-4-6-10-20/h4-14,19H,15-16H2,1-3H3,(H,29,30)/t19-/m1/s1. The van der Waals surface area contributed by atoms with Gasteiger partial charge in [-0.05, 0) is 61.7 Å². The highest BCUT2D eigenvalue weighted by Gasteiger charge is 2.20. The van der Waals surface area contributed by atoms with Crippen LogP contribution < -0.4 is 15.7 Å². The number of carbonyl (C=O) groups is 1. The van der Waals surface area contributed by atoms with Crippen LogP contribution in [-0.2, 0) is 17.8 Å². The van der Waals surface area contributed by atoms with Gasteiger partial charge in [0, 0.05) is 18.2 Å².